The Morgan fingerprint density at radius 1 is 1.25 bits per heavy atom. The number of hydrogen-bond donors (Lipinski definition) is 0. The molecule has 0 fully saturated rings. The highest BCUT2D eigenvalue weighted by Gasteiger charge is 2.25. The van der Waals surface area contributed by atoms with Crippen LogP contribution < -0.4 is 4.90 Å². The Bertz CT molecular complexity index is 728. The van der Waals surface area contributed by atoms with E-state index < -0.39 is 0 Å². The number of carbonyl (C=O) groups is 1. The lowest BCUT2D eigenvalue weighted by Gasteiger charge is -2.17. The molecule has 0 atom stereocenters. The van der Waals surface area contributed by atoms with Gasteiger partial charge < -0.3 is 4.90 Å². The maximum absolute atomic E-state index is 12.6. The van der Waals surface area contributed by atoms with Gasteiger partial charge in [0.15, 0.2) is 0 Å². The Labute approximate surface area is 118 Å². The van der Waals surface area contributed by atoms with Crippen molar-refractivity contribution in [2.45, 2.75) is 13.3 Å². The lowest BCUT2D eigenvalue weighted by molar-refractivity contribution is 0.0989. The highest BCUT2D eigenvalue weighted by molar-refractivity contribution is 6.07. The van der Waals surface area contributed by atoms with Crippen LogP contribution in [0.1, 0.15) is 27.0 Å². The molecule has 0 aliphatic carbocycles. The quantitative estimate of drug-likeness (QED) is 0.792. The van der Waals surface area contributed by atoms with Crippen molar-refractivity contribution in [3.05, 3.63) is 64.7 Å². The van der Waals surface area contributed by atoms with Crippen molar-refractivity contribution in [3.8, 4) is 6.07 Å². The van der Waals surface area contributed by atoms with E-state index in [-0.39, 0.29) is 5.91 Å². The average Bonchev–Trinajstić information content (AvgIpc) is 2.89. The summed E-state index contributed by atoms with van der Waals surface area (Å²) in [7, 11) is 0. The molecular formula is C17H14N2O. The predicted octanol–water partition coefficient (Wildman–Crippen LogP) is 3.07. The SMILES string of the molecule is Cc1cccc(C(=O)N2CCc3cc(C#N)ccc32)c1. The van der Waals surface area contributed by atoms with Crippen LogP contribution >= 0.6 is 0 Å². The molecule has 2 aromatic rings. The van der Waals surface area contributed by atoms with Crippen molar-refractivity contribution in [1.82, 2.24) is 0 Å². The van der Waals surface area contributed by atoms with Crippen LogP contribution in [0.15, 0.2) is 42.5 Å². The summed E-state index contributed by atoms with van der Waals surface area (Å²) in [6.45, 7) is 2.66. The maximum atomic E-state index is 12.6. The van der Waals surface area contributed by atoms with E-state index in [0.717, 1.165) is 23.2 Å². The van der Waals surface area contributed by atoms with Gasteiger partial charge in [0.2, 0.25) is 0 Å². The monoisotopic (exact) mass is 262 g/mol. The molecule has 20 heavy (non-hydrogen) atoms. The molecule has 3 rings (SSSR count). The van der Waals surface area contributed by atoms with E-state index in [2.05, 4.69) is 6.07 Å². The van der Waals surface area contributed by atoms with Gasteiger partial charge in [-0.25, -0.2) is 0 Å². The minimum absolute atomic E-state index is 0.0251. The minimum Gasteiger partial charge on any atom is -0.308 e. The van der Waals surface area contributed by atoms with Gasteiger partial charge in [0, 0.05) is 17.8 Å². The number of anilines is 1. The summed E-state index contributed by atoms with van der Waals surface area (Å²) in [5.41, 5.74) is 4.44. The first-order valence-corrected chi connectivity index (χ1v) is 6.60. The van der Waals surface area contributed by atoms with Gasteiger partial charge in [0.25, 0.3) is 5.91 Å². The Morgan fingerprint density at radius 3 is 2.85 bits per heavy atom. The second-order valence-electron chi connectivity index (χ2n) is 5.03. The van der Waals surface area contributed by atoms with Crippen LogP contribution in [-0.4, -0.2) is 12.5 Å². The summed E-state index contributed by atoms with van der Waals surface area (Å²) in [6, 6.07) is 15.3. The first-order valence-electron chi connectivity index (χ1n) is 6.60. The molecule has 1 amide bonds. The van der Waals surface area contributed by atoms with Crippen LogP contribution in [0.3, 0.4) is 0 Å². The van der Waals surface area contributed by atoms with Gasteiger partial charge in [-0.2, -0.15) is 5.26 Å². The molecule has 3 nitrogen and oxygen atoms in total. The number of carbonyl (C=O) groups excluding carboxylic acids is 1. The normalized spacial score (nSPS) is 12.9. The summed E-state index contributed by atoms with van der Waals surface area (Å²) >= 11 is 0. The molecule has 1 aliphatic heterocycles. The molecule has 0 saturated heterocycles. The van der Waals surface area contributed by atoms with E-state index in [9.17, 15) is 4.79 Å². The zero-order valence-corrected chi connectivity index (χ0v) is 11.3. The minimum atomic E-state index is 0.0251. The van der Waals surface area contributed by atoms with Crippen LogP contribution in [0.5, 0.6) is 0 Å². The molecular weight excluding hydrogens is 248 g/mol. The summed E-state index contributed by atoms with van der Waals surface area (Å²) in [6.07, 6.45) is 0.808. The van der Waals surface area contributed by atoms with Crippen molar-refractivity contribution >= 4 is 11.6 Å². The van der Waals surface area contributed by atoms with E-state index in [1.54, 1.807) is 11.0 Å². The molecule has 0 saturated carbocycles. The summed E-state index contributed by atoms with van der Waals surface area (Å²) in [4.78, 5) is 14.4. The number of nitriles is 1. The summed E-state index contributed by atoms with van der Waals surface area (Å²) < 4.78 is 0. The van der Waals surface area contributed by atoms with E-state index in [1.165, 1.54) is 0 Å². The molecule has 0 unspecified atom stereocenters. The Hall–Kier alpha value is -2.60. The third kappa shape index (κ3) is 2.06. The van der Waals surface area contributed by atoms with Crippen LogP contribution in [0, 0.1) is 18.3 Å². The lowest BCUT2D eigenvalue weighted by atomic mass is 10.1. The molecule has 0 radical (unpaired) electrons. The zero-order valence-electron chi connectivity index (χ0n) is 11.3. The van der Waals surface area contributed by atoms with Crippen LogP contribution in [0.4, 0.5) is 5.69 Å². The van der Waals surface area contributed by atoms with Gasteiger partial charge in [0.05, 0.1) is 11.6 Å². The number of nitrogens with zero attached hydrogens (tertiary/aromatic N) is 2. The standard InChI is InChI=1S/C17H14N2O/c1-12-3-2-4-15(9-12)17(20)19-8-7-14-10-13(11-18)5-6-16(14)19/h2-6,9-10H,7-8H2,1H3. The van der Waals surface area contributed by atoms with Crippen LogP contribution in [-0.2, 0) is 6.42 Å². The Kier molecular flexibility index (Phi) is 3.00. The van der Waals surface area contributed by atoms with Crippen molar-refractivity contribution < 1.29 is 4.79 Å². The van der Waals surface area contributed by atoms with Crippen molar-refractivity contribution in [2.24, 2.45) is 0 Å². The van der Waals surface area contributed by atoms with Crippen molar-refractivity contribution in [1.29, 1.82) is 5.26 Å². The number of rotatable bonds is 1. The third-order valence-corrected chi connectivity index (χ3v) is 3.61. The first-order chi connectivity index (χ1) is 9.69. The fourth-order valence-electron chi connectivity index (χ4n) is 2.62. The molecule has 2 aromatic carbocycles. The van der Waals surface area contributed by atoms with Gasteiger partial charge >= 0.3 is 0 Å². The van der Waals surface area contributed by atoms with Gasteiger partial charge in [-0.1, -0.05) is 17.7 Å². The number of fused-ring (bicyclic) bond motifs is 1. The summed E-state index contributed by atoms with van der Waals surface area (Å²) in [5.74, 6) is 0.0251. The zero-order chi connectivity index (χ0) is 14.1. The van der Waals surface area contributed by atoms with Gasteiger partial charge in [0.1, 0.15) is 0 Å². The molecule has 98 valence electrons. The average molecular weight is 262 g/mol. The van der Waals surface area contributed by atoms with Gasteiger partial charge in [-0.15, -0.1) is 0 Å². The fourth-order valence-corrected chi connectivity index (χ4v) is 2.62. The molecule has 3 heteroatoms. The smallest absolute Gasteiger partial charge is 0.258 e. The van der Waals surface area contributed by atoms with E-state index in [1.807, 2.05) is 43.3 Å². The topological polar surface area (TPSA) is 44.1 Å². The Balaban J connectivity index is 1.95. The van der Waals surface area contributed by atoms with Crippen LogP contribution in [0.25, 0.3) is 0 Å². The van der Waals surface area contributed by atoms with Gasteiger partial charge in [-0.05, 0) is 49.2 Å². The Morgan fingerprint density at radius 2 is 2.10 bits per heavy atom. The van der Waals surface area contributed by atoms with Crippen molar-refractivity contribution in [3.63, 3.8) is 0 Å². The van der Waals surface area contributed by atoms with Crippen molar-refractivity contribution in [2.75, 3.05) is 11.4 Å². The number of aryl methyl sites for hydroxylation is 1. The first kappa shape index (κ1) is 12.4. The maximum Gasteiger partial charge on any atom is 0.258 e. The second-order valence-corrected chi connectivity index (χ2v) is 5.03. The van der Waals surface area contributed by atoms with Gasteiger partial charge in [-0.3, -0.25) is 4.79 Å². The molecule has 0 bridgehead atoms. The molecule has 0 spiro atoms. The summed E-state index contributed by atoms with van der Waals surface area (Å²) in [5, 5.41) is 8.92. The number of hydrogen-bond acceptors (Lipinski definition) is 2. The molecule has 1 aliphatic rings. The fraction of sp³-hybridized carbons (Fsp3) is 0.176. The predicted molar refractivity (Wildman–Crippen MR) is 77.7 cm³/mol. The number of amides is 1. The highest BCUT2D eigenvalue weighted by atomic mass is 16.2. The second kappa shape index (κ2) is 4.82. The largest absolute Gasteiger partial charge is 0.308 e. The molecule has 0 N–H and O–H groups in total. The van der Waals surface area contributed by atoms with E-state index in [0.29, 0.717) is 17.7 Å². The highest BCUT2D eigenvalue weighted by Crippen LogP contribution is 2.30. The van der Waals surface area contributed by atoms with Crippen LogP contribution in [0.2, 0.25) is 0 Å². The van der Waals surface area contributed by atoms with E-state index in [4.69, 9.17) is 5.26 Å². The third-order valence-electron chi connectivity index (χ3n) is 3.61. The van der Waals surface area contributed by atoms with E-state index >= 15 is 0 Å². The molecule has 0 aromatic heterocycles. The lowest BCUT2D eigenvalue weighted by Crippen LogP contribution is -2.28. The molecule has 1 heterocycles. The number of benzene rings is 2.